The predicted molar refractivity (Wildman–Crippen MR) is 74.8 cm³/mol. The van der Waals surface area contributed by atoms with E-state index in [2.05, 4.69) is 10.6 Å². The smallest absolute Gasteiger partial charge is 0.315 e. The molecule has 1 aromatic rings. The molecular formula is C12H21N3O2S. The van der Waals surface area contributed by atoms with Crippen LogP contribution in [-0.4, -0.2) is 46.4 Å². The summed E-state index contributed by atoms with van der Waals surface area (Å²) in [4.78, 5) is 11.6. The third-order valence-corrected chi connectivity index (χ3v) is 3.88. The maximum absolute atomic E-state index is 11.6. The molecule has 2 amide bonds. The molecule has 0 saturated carbocycles. The summed E-state index contributed by atoms with van der Waals surface area (Å²) in [7, 11) is 0. The topological polar surface area (TPSA) is 66.3 Å². The van der Waals surface area contributed by atoms with Gasteiger partial charge in [0.15, 0.2) is 0 Å². The third-order valence-electron chi connectivity index (χ3n) is 2.72. The normalized spacial score (nSPS) is 13.9. The molecule has 3 N–H and O–H groups in total. The van der Waals surface area contributed by atoms with Crippen molar-refractivity contribution >= 4 is 17.8 Å². The fourth-order valence-electron chi connectivity index (χ4n) is 1.61. The molecule has 102 valence electrons. The van der Waals surface area contributed by atoms with Gasteiger partial charge in [0, 0.05) is 36.8 Å². The van der Waals surface area contributed by atoms with E-state index in [0.717, 1.165) is 6.54 Å². The van der Waals surface area contributed by atoms with Gasteiger partial charge < -0.3 is 20.3 Å². The van der Waals surface area contributed by atoms with Gasteiger partial charge in [-0.3, -0.25) is 0 Å². The summed E-state index contributed by atoms with van der Waals surface area (Å²) < 4.78 is 2.00. The number of carbonyl (C=O) groups excluding carboxylic acids is 1. The zero-order valence-corrected chi connectivity index (χ0v) is 11.6. The van der Waals surface area contributed by atoms with Crippen molar-refractivity contribution < 1.29 is 9.90 Å². The number of urea groups is 1. The average molecular weight is 271 g/mol. The Morgan fingerprint density at radius 1 is 1.44 bits per heavy atom. The molecule has 0 aliphatic carbocycles. The molecule has 0 saturated heterocycles. The fourth-order valence-corrected chi connectivity index (χ4v) is 2.23. The molecule has 0 radical (unpaired) electrons. The van der Waals surface area contributed by atoms with E-state index in [1.54, 1.807) is 11.8 Å². The number of amides is 2. The van der Waals surface area contributed by atoms with E-state index in [1.807, 2.05) is 42.3 Å². The third kappa shape index (κ3) is 5.01. The first kappa shape index (κ1) is 14.9. The van der Waals surface area contributed by atoms with Crippen molar-refractivity contribution in [1.29, 1.82) is 0 Å². The summed E-state index contributed by atoms with van der Waals surface area (Å²) in [5.74, 6) is 0. The van der Waals surface area contributed by atoms with Gasteiger partial charge in [0.1, 0.15) is 0 Å². The molecule has 0 spiro atoms. The van der Waals surface area contributed by atoms with Crippen LogP contribution in [0.4, 0.5) is 4.79 Å². The Bertz CT molecular complexity index is 339. The molecule has 5 nitrogen and oxygen atoms in total. The van der Waals surface area contributed by atoms with E-state index in [0.29, 0.717) is 6.54 Å². The quantitative estimate of drug-likeness (QED) is 0.690. The van der Waals surface area contributed by atoms with Crippen molar-refractivity contribution in [2.45, 2.75) is 24.8 Å². The maximum Gasteiger partial charge on any atom is 0.315 e. The fraction of sp³-hybridized carbons (Fsp3) is 0.583. The molecule has 2 unspecified atom stereocenters. The number of aromatic nitrogens is 1. The summed E-state index contributed by atoms with van der Waals surface area (Å²) in [5.41, 5.74) is 0. The van der Waals surface area contributed by atoms with Crippen LogP contribution in [0, 0.1) is 0 Å². The van der Waals surface area contributed by atoms with Crippen molar-refractivity contribution in [2.24, 2.45) is 0 Å². The number of carbonyl (C=O) groups is 1. The van der Waals surface area contributed by atoms with Crippen molar-refractivity contribution in [1.82, 2.24) is 15.2 Å². The Morgan fingerprint density at radius 3 is 2.67 bits per heavy atom. The van der Waals surface area contributed by atoms with Crippen LogP contribution < -0.4 is 10.6 Å². The summed E-state index contributed by atoms with van der Waals surface area (Å²) >= 11 is 1.55. The van der Waals surface area contributed by atoms with Crippen LogP contribution >= 0.6 is 11.8 Å². The molecule has 0 aliphatic heterocycles. The first-order valence-corrected chi connectivity index (χ1v) is 7.25. The van der Waals surface area contributed by atoms with Gasteiger partial charge in [-0.2, -0.15) is 11.8 Å². The molecule has 0 aromatic carbocycles. The summed E-state index contributed by atoms with van der Waals surface area (Å²) in [6, 6.07) is 3.65. The lowest BCUT2D eigenvalue weighted by atomic mass is 10.2. The van der Waals surface area contributed by atoms with Gasteiger partial charge in [-0.1, -0.05) is 0 Å². The minimum atomic E-state index is -0.192. The van der Waals surface area contributed by atoms with Gasteiger partial charge in [0.05, 0.1) is 6.61 Å². The largest absolute Gasteiger partial charge is 0.395 e. The Kier molecular flexibility index (Phi) is 6.67. The average Bonchev–Trinajstić information content (AvgIpc) is 2.83. The lowest BCUT2D eigenvalue weighted by Crippen LogP contribution is -2.46. The number of nitrogens with zero attached hydrogens (tertiary/aromatic N) is 1. The van der Waals surface area contributed by atoms with Crippen molar-refractivity contribution in [2.75, 3.05) is 19.4 Å². The minimum Gasteiger partial charge on any atom is -0.395 e. The van der Waals surface area contributed by atoms with Crippen LogP contribution in [0.1, 0.15) is 6.92 Å². The SMILES string of the molecule is CSC(CO)C(C)NC(=O)NCCn1cccc1. The molecular weight excluding hydrogens is 250 g/mol. The molecule has 0 bridgehead atoms. The van der Waals surface area contributed by atoms with Crippen molar-refractivity contribution in [3.8, 4) is 0 Å². The molecule has 0 aliphatic rings. The molecule has 0 fully saturated rings. The van der Waals surface area contributed by atoms with Crippen molar-refractivity contribution in [3.63, 3.8) is 0 Å². The summed E-state index contributed by atoms with van der Waals surface area (Å²) in [6.07, 6.45) is 5.83. The summed E-state index contributed by atoms with van der Waals surface area (Å²) in [6.45, 7) is 3.28. The van der Waals surface area contributed by atoms with Gasteiger partial charge in [-0.25, -0.2) is 4.79 Å². The highest BCUT2D eigenvalue weighted by molar-refractivity contribution is 7.99. The van der Waals surface area contributed by atoms with E-state index in [4.69, 9.17) is 5.11 Å². The van der Waals surface area contributed by atoms with E-state index in [9.17, 15) is 4.79 Å². The second kappa shape index (κ2) is 8.05. The number of aliphatic hydroxyl groups is 1. The monoisotopic (exact) mass is 271 g/mol. The second-order valence-electron chi connectivity index (χ2n) is 4.07. The second-order valence-corrected chi connectivity index (χ2v) is 5.14. The number of nitrogens with one attached hydrogen (secondary N) is 2. The maximum atomic E-state index is 11.6. The van der Waals surface area contributed by atoms with Crippen LogP contribution in [0.5, 0.6) is 0 Å². The number of hydrogen-bond acceptors (Lipinski definition) is 3. The van der Waals surface area contributed by atoms with Crippen LogP contribution in [0.25, 0.3) is 0 Å². The van der Waals surface area contributed by atoms with Gasteiger partial charge in [-0.05, 0) is 25.3 Å². The summed E-state index contributed by atoms with van der Waals surface area (Å²) in [5, 5.41) is 14.8. The molecule has 2 atom stereocenters. The number of aliphatic hydroxyl groups excluding tert-OH is 1. The highest BCUT2D eigenvalue weighted by Gasteiger charge is 2.16. The first-order valence-electron chi connectivity index (χ1n) is 5.96. The zero-order valence-electron chi connectivity index (χ0n) is 10.8. The first-order chi connectivity index (χ1) is 8.67. The van der Waals surface area contributed by atoms with Gasteiger partial charge in [0.2, 0.25) is 0 Å². The van der Waals surface area contributed by atoms with Crippen LogP contribution in [0.15, 0.2) is 24.5 Å². The van der Waals surface area contributed by atoms with Crippen molar-refractivity contribution in [3.05, 3.63) is 24.5 Å². The Morgan fingerprint density at radius 2 is 2.11 bits per heavy atom. The van der Waals surface area contributed by atoms with Gasteiger partial charge >= 0.3 is 6.03 Å². The molecule has 1 aromatic heterocycles. The lowest BCUT2D eigenvalue weighted by molar-refractivity contribution is 0.232. The van der Waals surface area contributed by atoms with E-state index < -0.39 is 0 Å². The van der Waals surface area contributed by atoms with Crippen LogP contribution in [0.3, 0.4) is 0 Å². The predicted octanol–water partition coefficient (Wildman–Crippen LogP) is 0.900. The number of hydrogen-bond donors (Lipinski definition) is 3. The lowest BCUT2D eigenvalue weighted by Gasteiger charge is -2.21. The van der Waals surface area contributed by atoms with Gasteiger partial charge in [-0.15, -0.1) is 0 Å². The number of thioether (sulfide) groups is 1. The standard InChI is InChI=1S/C12H21N3O2S/c1-10(11(9-16)18-2)14-12(17)13-5-8-15-6-3-4-7-15/h3-4,6-7,10-11,16H,5,8-9H2,1-2H3,(H2,13,14,17). The van der Waals surface area contributed by atoms with E-state index in [1.165, 1.54) is 0 Å². The van der Waals surface area contributed by atoms with Crippen LogP contribution in [0.2, 0.25) is 0 Å². The molecule has 18 heavy (non-hydrogen) atoms. The highest BCUT2D eigenvalue weighted by Crippen LogP contribution is 2.09. The number of rotatable bonds is 7. The minimum absolute atomic E-state index is 0.0280. The zero-order chi connectivity index (χ0) is 13.4. The van der Waals surface area contributed by atoms with Crippen LogP contribution in [-0.2, 0) is 6.54 Å². The molecule has 1 rings (SSSR count). The molecule has 1 heterocycles. The Balaban J connectivity index is 2.20. The molecule has 6 heteroatoms. The Hall–Kier alpha value is -1.14. The van der Waals surface area contributed by atoms with E-state index in [-0.39, 0.29) is 23.9 Å². The Labute approximate surface area is 112 Å². The van der Waals surface area contributed by atoms with Gasteiger partial charge in [0.25, 0.3) is 0 Å². The highest BCUT2D eigenvalue weighted by atomic mass is 32.2. The van der Waals surface area contributed by atoms with E-state index >= 15 is 0 Å².